The van der Waals surface area contributed by atoms with Crippen LogP contribution in [0.4, 0.5) is 27.1 Å². The molecule has 1 N–H and O–H groups in total. The van der Waals surface area contributed by atoms with E-state index < -0.39 is 80.5 Å². The number of imide groups is 2. The number of allylic oxidation sites excluding steroid dienone is 2. The Bertz CT molecular complexity index is 1940. The van der Waals surface area contributed by atoms with Crippen molar-refractivity contribution in [1.82, 2.24) is 0 Å². The molecule has 6 unspecified atom stereocenters. The normalized spacial score (nSPS) is 26.8. The van der Waals surface area contributed by atoms with E-state index in [9.17, 15) is 48.9 Å². The van der Waals surface area contributed by atoms with Crippen molar-refractivity contribution in [1.29, 1.82) is 0 Å². The summed E-state index contributed by atoms with van der Waals surface area (Å²) in [5.41, 5.74) is -0.143. The van der Waals surface area contributed by atoms with Gasteiger partial charge in [0.1, 0.15) is 0 Å². The molecule has 2 aliphatic heterocycles. The van der Waals surface area contributed by atoms with E-state index in [0.717, 1.165) is 28.0 Å². The van der Waals surface area contributed by atoms with Crippen LogP contribution in [0.2, 0.25) is 0 Å². The van der Waals surface area contributed by atoms with Gasteiger partial charge in [-0.3, -0.25) is 39.4 Å². The minimum absolute atomic E-state index is 0.0251. The fourth-order valence-electron chi connectivity index (χ4n) is 7.72. The number of hydrogen-bond acceptors (Lipinski definition) is 9. The molecule has 6 atom stereocenters. The average molecular weight is 627 g/mol. The number of hydrogen-bond donors (Lipinski definition) is 1. The Morgan fingerprint density at radius 1 is 0.717 bits per heavy atom. The predicted molar refractivity (Wildman–Crippen MR) is 157 cm³/mol. The molecule has 2 saturated heterocycles. The number of fused-ring (bicyclic) bond motifs is 4. The van der Waals surface area contributed by atoms with E-state index in [4.69, 9.17) is 0 Å². The molecule has 13 nitrogen and oxygen atoms in total. The zero-order chi connectivity index (χ0) is 32.6. The summed E-state index contributed by atoms with van der Waals surface area (Å²) in [5, 5.41) is 33.7. The third-order valence-electron chi connectivity index (χ3n) is 9.60. The average Bonchev–Trinajstić information content (AvgIpc) is 3.45. The number of halogens is 1. The number of phenolic OH excluding ortho intramolecular Hbond substituents is 1. The Morgan fingerprint density at radius 3 is 1.85 bits per heavy atom. The zero-order valence-corrected chi connectivity index (χ0v) is 23.7. The summed E-state index contributed by atoms with van der Waals surface area (Å²) in [7, 11) is 0. The maximum Gasteiger partial charge on any atom is 0.271 e. The van der Waals surface area contributed by atoms with Crippen molar-refractivity contribution in [2.75, 3.05) is 9.80 Å². The first-order valence-corrected chi connectivity index (χ1v) is 14.4. The summed E-state index contributed by atoms with van der Waals surface area (Å²) in [6, 6.07) is 14.0. The number of aromatic hydroxyl groups is 1. The quantitative estimate of drug-likeness (QED) is 0.186. The second-order valence-corrected chi connectivity index (χ2v) is 11.8. The molecule has 2 heterocycles. The molecule has 2 aliphatic carbocycles. The largest absolute Gasteiger partial charge is 0.505 e. The minimum Gasteiger partial charge on any atom is -0.505 e. The highest BCUT2D eigenvalue weighted by molar-refractivity contribution is 6.24. The zero-order valence-electron chi connectivity index (χ0n) is 23.7. The highest BCUT2D eigenvalue weighted by atomic mass is 19.1. The van der Waals surface area contributed by atoms with Gasteiger partial charge in [0, 0.05) is 35.7 Å². The number of nitro groups is 2. The van der Waals surface area contributed by atoms with Crippen LogP contribution < -0.4 is 9.80 Å². The van der Waals surface area contributed by atoms with Crippen molar-refractivity contribution in [3.63, 3.8) is 0 Å². The van der Waals surface area contributed by atoms with E-state index in [1.165, 1.54) is 48.5 Å². The van der Waals surface area contributed by atoms with Crippen LogP contribution in [0.3, 0.4) is 0 Å². The van der Waals surface area contributed by atoms with Crippen LogP contribution in [0.25, 0.3) is 0 Å². The van der Waals surface area contributed by atoms with Gasteiger partial charge in [0.15, 0.2) is 11.6 Å². The van der Waals surface area contributed by atoms with Crippen LogP contribution in [-0.2, 0) is 19.2 Å². The minimum atomic E-state index is -1.14. The van der Waals surface area contributed by atoms with Gasteiger partial charge < -0.3 is 5.11 Å². The van der Waals surface area contributed by atoms with Gasteiger partial charge in [0.25, 0.3) is 11.4 Å². The Morgan fingerprint density at radius 2 is 1.26 bits per heavy atom. The molecular formula is C32H23FN4O9. The first kappa shape index (κ1) is 29.0. The van der Waals surface area contributed by atoms with Gasteiger partial charge in [-0.1, -0.05) is 35.9 Å². The molecule has 3 aromatic rings. The fraction of sp³-hybridized carbons (Fsp3) is 0.250. The van der Waals surface area contributed by atoms with Gasteiger partial charge in [-0.25, -0.2) is 14.2 Å². The molecule has 232 valence electrons. The van der Waals surface area contributed by atoms with Gasteiger partial charge in [-0.15, -0.1) is 0 Å². The molecule has 3 aromatic carbocycles. The number of carbonyl (C=O) groups excluding carboxylic acids is 4. The lowest BCUT2D eigenvalue weighted by Crippen LogP contribution is -2.43. The Hall–Kier alpha value is -5.79. The van der Waals surface area contributed by atoms with E-state index >= 15 is 0 Å². The summed E-state index contributed by atoms with van der Waals surface area (Å²) in [6.07, 6.45) is 1.72. The first-order chi connectivity index (χ1) is 22.0. The molecular weight excluding hydrogens is 603 g/mol. The number of non-ortho nitro benzene ring substituents is 2. The summed E-state index contributed by atoms with van der Waals surface area (Å²) in [4.78, 5) is 79.1. The molecule has 14 heteroatoms. The Balaban J connectivity index is 1.34. The van der Waals surface area contributed by atoms with E-state index in [0.29, 0.717) is 5.57 Å². The monoisotopic (exact) mass is 626 g/mol. The maximum atomic E-state index is 14.7. The predicted octanol–water partition coefficient (Wildman–Crippen LogP) is 4.39. The second-order valence-electron chi connectivity index (χ2n) is 11.8. The topological polar surface area (TPSA) is 181 Å². The molecule has 46 heavy (non-hydrogen) atoms. The summed E-state index contributed by atoms with van der Waals surface area (Å²) >= 11 is 0. The van der Waals surface area contributed by atoms with Crippen LogP contribution >= 0.6 is 0 Å². The van der Waals surface area contributed by atoms with Gasteiger partial charge in [0.05, 0.1) is 44.9 Å². The van der Waals surface area contributed by atoms with Gasteiger partial charge in [0.2, 0.25) is 23.6 Å². The van der Waals surface area contributed by atoms with Crippen molar-refractivity contribution in [2.45, 2.75) is 18.8 Å². The van der Waals surface area contributed by atoms with Crippen molar-refractivity contribution in [3.8, 4) is 5.75 Å². The number of nitro benzene ring substituents is 2. The molecule has 0 radical (unpaired) electrons. The van der Waals surface area contributed by atoms with Crippen molar-refractivity contribution < 1.29 is 38.5 Å². The number of phenols is 1. The van der Waals surface area contributed by atoms with Gasteiger partial charge in [-0.2, -0.15) is 0 Å². The number of rotatable bonds is 5. The molecule has 4 aliphatic rings. The molecule has 1 saturated carbocycles. The van der Waals surface area contributed by atoms with E-state index in [1.807, 2.05) is 0 Å². The summed E-state index contributed by atoms with van der Waals surface area (Å²) in [5.74, 6) is -10.2. The van der Waals surface area contributed by atoms with Gasteiger partial charge >= 0.3 is 0 Å². The Kier molecular flexibility index (Phi) is 6.54. The third-order valence-corrected chi connectivity index (χ3v) is 9.60. The van der Waals surface area contributed by atoms with E-state index in [1.54, 1.807) is 6.08 Å². The summed E-state index contributed by atoms with van der Waals surface area (Å²) in [6.45, 7) is 0. The maximum absolute atomic E-state index is 14.7. The van der Waals surface area contributed by atoms with Crippen LogP contribution in [0, 0.1) is 55.6 Å². The molecule has 0 aromatic heterocycles. The van der Waals surface area contributed by atoms with Crippen molar-refractivity contribution >= 4 is 46.4 Å². The van der Waals surface area contributed by atoms with Gasteiger partial charge in [-0.05, 0) is 37.0 Å². The van der Waals surface area contributed by atoms with E-state index in [-0.39, 0.29) is 41.2 Å². The lowest BCUT2D eigenvalue weighted by molar-refractivity contribution is -0.385. The van der Waals surface area contributed by atoms with Crippen molar-refractivity contribution in [3.05, 3.63) is 110 Å². The molecule has 0 bridgehead atoms. The standard InChI is InChI=1S/C32H23FN4O9/c33-24-9-3-8-20(28(24)38)25-19-10-11-21-26(31(41)34(29(21)39)15-4-1-6-17(12-15)36(43)44)22(19)14-23-27(25)32(42)35(30(23)40)16-5-2-7-18(13-16)37(45)46/h1-10,12-13,21-23,25-27,38H,11,14H2. The second kappa shape index (κ2) is 10.4. The van der Waals surface area contributed by atoms with E-state index in [2.05, 4.69) is 0 Å². The molecule has 3 fully saturated rings. The lowest BCUT2D eigenvalue weighted by Gasteiger charge is -2.44. The molecule has 0 spiro atoms. The molecule has 4 amide bonds. The summed E-state index contributed by atoms with van der Waals surface area (Å²) < 4.78 is 14.7. The van der Waals surface area contributed by atoms with Crippen LogP contribution in [-0.4, -0.2) is 38.6 Å². The molecule has 7 rings (SSSR count). The lowest BCUT2D eigenvalue weighted by atomic mass is 9.57. The smallest absolute Gasteiger partial charge is 0.271 e. The first-order valence-electron chi connectivity index (χ1n) is 14.4. The van der Waals surface area contributed by atoms with Crippen LogP contribution in [0.1, 0.15) is 24.3 Å². The Labute approximate surface area is 258 Å². The number of benzene rings is 3. The number of anilines is 2. The number of carbonyl (C=O) groups is 4. The fourth-order valence-corrected chi connectivity index (χ4v) is 7.72. The number of amides is 4. The third kappa shape index (κ3) is 4.13. The number of nitrogens with zero attached hydrogens (tertiary/aromatic N) is 4. The van der Waals surface area contributed by atoms with Crippen LogP contribution in [0.5, 0.6) is 5.75 Å². The highest BCUT2D eigenvalue weighted by Crippen LogP contribution is 2.59. The number of para-hydroxylation sites is 1. The van der Waals surface area contributed by atoms with Crippen LogP contribution in [0.15, 0.2) is 78.4 Å². The highest BCUT2D eigenvalue weighted by Gasteiger charge is 2.62. The SMILES string of the molecule is O=C1C2CC=C3C(CC4C(=O)N(c5cccc([N+](=O)[O-])c5)C(=O)C4C3c3cccc(F)c3O)C2C(=O)N1c1cccc([N+](=O)[O-])c1. The van der Waals surface area contributed by atoms with Crippen molar-refractivity contribution in [2.24, 2.45) is 29.6 Å².